The van der Waals surface area contributed by atoms with Crippen molar-refractivity contribution in [1.82, 2.24) is 4.98 Å². The molecule has 0 aliphatic rings. The van der Waals surface area contributed by atoms with Crippen LogP contribution in [0.1, 0.15) is 0 Å². The lowest BCUT2D eigenvalue weighted by Crippen LogP contribution is -1.82. The maximum absolute atomic E-state index is 4.16. The van der Waals surface area contributed by atoms with Gasteiger partial charge in [0.1, 0.15) is 0 Å². The highest BCUT2D eigenvalue weighted by molar-refractivity contribution is 9.13. The highest BCUT2D eigenvalue weighted by Gasteiger charge is 2.01. The van der Waals surface area contributed by atoms with Crippen LogP contribution in [0.5, 0.6) is 0 Å². The van der Waals surface area contributed by atoms with E-state index in [1.807, 2.05) is 30.3 Å². The van der Waals surface area contributed by atoms with E-state index < -0.39 is 0 Å². The van der Waals surface area contributed by atoms with E-state index in [9.17, 15) is 0 Å². The molecule has 1 nitrogen and oxygen atoms in total. The average Bonchev–Trinajstić information content (AvgIpc) is 2.23. The number of hydrogen-bond acceptors (Lipinski definition) is 1. The number of benzene rings is 1. The Bertz CT molecular complexity index is 440. The molecule has 2 rings (SSSR count). The highest BCUT2D eigenvalue weighted by atomic mass is 79.9. The molecule has 1 heterocycles. The smallest absolute Gasteiger partial charge is 0.0893 e. The molecule has 0 amide bonds. The highest BCUT2D eigenvalue weighted by Crippen LogP contribution is 2.27. The first-order valence-electron chi connectivity index (χ1n) is 4.06. The van der Waals surface area contributed by atoms with Crippen molar-refractivity contribution >= 4 is 31.9 Å². The number of pyridine rings is 1. The fourth-order valence-corrected chi connectivity index (χ4v) is 1.77. The van der Waals surface area contributed by atoms with Crippen LogP contribution in [0.4, 0.5) is 0 Å². The molecule has 0 bridgehead atoms. The van der Waals surface area contributed by atoms with Crippen molar-refractivity contribution in [2.45, 2.75) is 0 Å². The molecule has 0 atom stereocenters. The second kappa shape index (κ2) is 4.24. The fraction of sp³-hybridized carbons (Fsp3) is 0. The Morgan fingerprint density at radius 3 is 2.57 bits per heavy atom. The lowest BCUT2D eigenvalue weighted by atomic mass is 10.1. The van der Waals surface area contributed by atoms with Crippen LogP contribution in [0.3, 0.4) is 0 Å². The molecule has 0 aliphatic carbocycles. The van der Waals surface area contributed by atoms with Crippen molar-refractivity contribution in [1.29, 1.82) is 0 Å². The van der Waals surface area contributed by atoms with Crippen LogP contribution in [0.15, 0.2) is 45.3 Å². The van der Waals surface area contributed by atoms with Crippen molar-refractivity contribution in [2.24, 2.45) is 0 Å². The Hall–Kier alpha value is -0.670. The maximum Gasteiger partial charge on any atom is 0.0893 e. The average molecular weight is 312 g/mol. The Labute approximate surface area is 99.4 Å². The van der Waals surface area contributed by atoms with Gasteiger partial charge in [0.2, 0.25) is 0 Å². The van der Waals surface area contributed by atoms with Crippen molar-refractivity contribution in [3.05, 3.63) is 51.5 Å². The van der Waals surface area contributed by atoms with Gasteiger partial charge in [0.05, 0.1) is 11.9 Å². The number of rotatable bonds is 1. The van der Waals surface area contributed by atoms with E-state index in [4.69, 9.17) is 0 Å². The van der Waals surface area contributed by atoms with E-state index in [2.05, 4.69) is 43.0 Å². The van der Waals surface area contributed by atoms with Gasteiger partial charge in [0, 0.05) is 14.5 Å². The lowest BCUT2D eigenvalue weighted by molar-refractivity contribution is 1.31. The van der Waals surface area contributed by atoms with Crippen LogP contribution < -0.4 is 0 Å². The third-order valence-corrected chi connectivity index (χ3v) is 3.70. The summed E-state index contributed by atoms with van der Waals surface area (Å²) in [5.74, 6) is 0. The molecule has 0 spiro atoms. The maximum atomic E-state index is 4.16. The molecule has 2 aromatic rings. The first-order chi connectivity index (χ1) is 6.77. The van der Waals surface area contributed by atoms with E-state index in [1.54, 1.807) is 6.07 Å². The van der Waals surface area contributed by atoms with Gasteiger partial charge in [0.15, 0.2) is 0 Å². The van der Waals surface area contributed by atoms with Gasteiger partial charge >= 0.3 is 0 Å². The minimum absolute atomic E-state index is 0.931. The van der Waals surface area contributed by atoms with Crippen LogP contribution >= 0.6 is 31.9 Å². The molecule has 0 saturated carbocycles. The van der Waals surface area contributed by atoms with E-state index >= 15 is 0 Å². The standard InChI is InChI=1S/C11H6Br2N/c12-9-5-4-8(7-10(9)13)11-3-1-2-6-14-11/h1-5,7H. The number of hydrogen-bond donors (Lipinski definition) is 0. The van der Waals surface area contributed by atoms with Gasteiger partial charge in [-0.05, 0) is 56.1 Å². The Morgan fingerprint density at radius 1 is 1.07 bits per heavy atom. The summed E-state index contributed by atoms with van der Waals surface area (Å²) >= 11 is 6.89. The molecule has 0 fully saturated rings. The van der Waals surface area contributed by atoms with Crippen molar-refractivity contribution in [3.63, 3.8) is 0 Å². The number of nitrogens with zero attached hydrogens (tertiary/aromatic N) is 1. The molecule has 1 radical (unpaired) electrons. The third-order valence-electron chi connectivity index (χ3n) is 1.83. The van der Waals surface area contributed by atoms with Gasteiger partial charge in [0.25, 0.3) is 0 Å². The molecule has 0 saturated heterocycles. The largest absolute Gasteiger partial charge is 0.246 e. The predicted octanol–water partition coefficient (Wildman–Crippen LogP) is 4.07. The van der Waals surface area contributed by atoms with Crippen LogP contribution in [-0.4, -0.2) is 4.98 Å². The zero-order chi connectivity index (χ0) is 9.97. The van der Waals surface area contributed by atoms with Crippen molar-refractivity contribution < 1.29 is 0 Å². The summed E-state index contributed by atoms with van der Waals surface area (Å²) in [7, 11) is 0. The summed E-state index contributed by atoms with van der Waals surface area (Å²) in [6.07, 6.45) is 2.82. The van der Waals surface area contributed by atoms with Crippen molar-refractivity contribution in [3.8, 4) is 11.3 Å². The van der Waals surface area contributed by atoms with Crippen LogP contribution in [-0.2, 0) is 0 Å². The summed E-state index contributed by atoms with van der Waals surface area (Å²) in [5, 5.41) is 0. The molecule has 1 aromatic carbocycles. The molecule has 0 aliphatic heterocycles. The second-order valence-electron chi connectivity index (χ2n) is 2.78. The summed E-state index contributed by atoms with van der Waals surface area (Å²) in [4.78, 5) is 4.16. The second-order valence-corrected chi connectivity index (χ2v) is 4.49. The quantitative estimate of drug-likeness (QED) is 0.773. The zero-order valence-corrected chi connectivity index (χ0v) is 10.3. The van der Waals surface area contributed by atoms with E-state index in [1.165, 1.54) is 0 Å². The van der Waals surface area contributed by atoms with Gasteiger partial charge in [-0.15, -0.1) is 0 Å². The van der Waals surface area contributed by atoms with Crippen LogP contribution in [0.25, 0.3) is 11.3 Å². The lowest BCUT2D eigenvalue weighted by Gasteiger charge is -2.01. The van der Waals surface area contributed by atoms with Gasteiger partial charge in [-0.25, -0.2) is 4.98 Å². The minimum atomic E-state index is 0.931. The summed E-state index contributed by atoms with van der Waals surface area (Å²) in [6, 6.07) is 11.7. The van der Waals surface area contributed by atoms with E-state index in [-0.39, 0.29) is 0 Å². The van der Waals surface area contributed by atoms with Crippen LogP contribution in [0, 0.1) is 6.20 Å². The Morgan fingerprint density at radius 2 is 1.93 bits per heavy atom. The summed E-state index contributed by atoms with van der Waals surface area (Å²) in [5.41, 5.74) is 2.01. The Balaban J connectivity index is 2.48. The topological polar surface area (TPSA) is 12.9 Å². The summed E-state index contributed by atoms with van der Waals surface area (Å²) in [6.45, 7) is 0. The molecular formula is C11H6Br2N. The monoisotopic (exact) mass is 310 g/mol. The van der Waals surface area contributed by atoms with Crippen molar-refractivity contribution in [2.75, 3.05) is 0 Å². The third kappa shape index (κ3) is 2.04. The Kier molecular flexibility index (Phi) is 2.99. The molecule has 14 heavy (non-hydrogen) atoms. The molecule has 0 unspecified atom stereocenters. The zero-order valence-electron chi connectivity index (χ0n) is 7.17. The van der Waals surface area contributed by atoms with E-state index in [0.29, 0.717) is 0 Å². The first kappa shape index (κ1) is 9.87. The molecule has 3 heteroatoms. The number of halogens is 2. The molecule has 69 valence electrons. The van der Waals surface area contributed by atoms with Gasteiger partial charge in [-0.2, -0.15) is 0 Å². The normalized spacial score (nSPS) is 10.1. The van der Waals surface area contributed by atoms with Gasteiger partial charge in [-0.3, -0.25) is 0 Å². The SMILES string of the molecule is Brc1ccc(-c2ccc[c]n2)cc1Br. The molecule has 0 N–H and O–H groups in total. The van der Waals surface area contributed by atoms with Crippen LogP contribution in [0.2, 0.25) is 0 Å². The predicted molar refractivity (Wildman–Crippen MR) is 63.9 cm³/mol. The fourth-order valence-electron chi connectivity index (χ4n) is 1.14. The van der Waals surface area contributed by atoms with Gasteiger partial charge in [-0.1, -0.05) is 12.1 Å². The molecular weight excluding hydrogens is 306 g/mol. The first-order valence-corrected chi connectivity index (χ1v) is 5.64. The summed E-state index contributed by atoms with van der Waals surface area (Å²) < 4.78 is 2.07. The molecule has 1 aromatic heterocycles. The van der Waals surface area contributed by atoms with Gasteiger partial charge < -0.3 is 0 Å². The number of aromatic nitrogens is 1. The minimum Gasteiger partial charge on any atom is -0.246 e. The van der Waals surface area contributed by atoms with E-state index in [0.717, 1.165) is 20.2 Å².